The highest BCUT2D eigenvalue weighted by atomic mass is 16.2. The van der Waals surface area contributed by atoms with Crippen LogP contribution in [0.1, 0.15) is 38.2 Å². The molecule has 0 aromatic heterocycles. The summed E-state index contributed by atoms with van der Waals surface area (Å²) < 4.78 is 0. The summed E-state index contributed by atoms with van der Waals surface area (Å²) in [5.74, 6) is 1.14. The normalized spacial score (nSPS) is 28.7. The minimum atomic E-state index is 0.186. The first kappa shape index (κ1) is 14.3. The van der Waals surface area contributed by atoms with Crippen molar-refractivity contribution in [2.45, 2.75) is 39.0 Å². The van der Waals surface area contributed by atoms with Gasteiger partial charge in [0.2, 0.25) is 5.91 Å². The lowest BCUT2D eigenvalue weighted by molar-refractivity contribution is -0.117. The maximum atomic E-state index is 12.2. The van der Waals surface area contributed by atoms with Crippen LogP contribution in [0, 0.1) is 11.3 Å². The molecule has 1 spiro atoms. The van der Waals surface area contributed by atoms with Crippen LogP contribution in [0.2, 0.25) is 0 Å². The highest BCUT2D eigenvalue weighted by Crippen LogP contribution is 2.43. The van der Waals surface area contributed by atoms with Gasteiger partial charge >= 0.3 is 0 Å². The largest absolute Gasteiger partial charge is 0.312 e. The highest BCUT2D eigenvalue weighted by molar-refractivity contribution is 5.93. The maximum absolute atomic E-state index is 12.2. The van der Waals surface area contributed by atoms with Gasteiger partial charge in [-0.05, 0) is 56.2 Å². The number of likely N-dealkylation sites (tertiary alicyclic amines) is 1. The molecule has 1 saturated heterocycles. The average molecular weight is 298 g/mol. The second kappa shape index (κ2) is 5.38. The summed E-state index contributed by atoms with van der Waals surface area (Å²) in [6.07, 6.45) is 6.51. The Morgan fingerprint density at radius 1 is 1.27 bits per heavy atom. The van der Waals surface area contributed by atoms with Crippen LogP contribution >= 0.6 is 0 Å². The first-order valence-corrected chi connectivity index (χ1v) is 8.74. The monoisotopic (exact) mass is 298 g/mol. The zero-order valence-electron chi connectivity index (χ0n) is 13.6. The molecule has 2 fully saturated rings. The van der Waals surface area contributed by atoms with Crippen LogP contribution in [0.3, 0.4) is 0 Å². The minimum absolute atomic E-state index is 0.186. The van der Waals surface area contributed by atoms with Gasteiger partial charge in [-0.1, -0.05) is 18.2 Å². The molecule has 1 saturated carbocycles. The van der Waals surface area contributed by atoms with E-state index in [1.54, 1.807) is 6.92 Å². The SMILES string of the molecule is CC(=O)N1CC2(CCCN(CC3CC3)C2)Cc2ccccc21. The van der Waals surface area contributed by atoms with Gasteiger partial charge in [-0.3, -0.25) is 4.79 Å². The molecule has 3 aliphatic rings. The Balaban J connectivity index is 1.60. The van der Waals surface area contributed by atoms with Crippen molar-refractivity contribution in [2.75, 3.05) is 31.1 Å². The summed E-state index contributed by atoms with van der Waals surface area (Å²) >= 11 is 0. The Bertz CT molecular complexity index is 581. The Labute approximate surface area is 133 Å². The zero-order chi connectivity index (χ0) is 15.2. The molecule has 2 heterocycles. The van der Waals surface area contributed by atoms with E-state index in [9.17, 15) is 4.79 Å². The Morgan fingerprint density at radius 3 is 2.86 bits per heavy atom. The van der Waals surface area contributed by atoms with E-state index in [4.69, 9.17) is 0 Å². The van der Waals surface area contributed by atoms with E-state index in [0.717, 1.165) is 24.6 Å². The standard InChI is InChI=1S/C19H26N2O/c1-15(22)21-14-19(11-17-5-2-3-6-18(17)21)9-4-10-20(13-19)12-16-7-8-16/h2-3,5-6,16H,4,7-14H2,1H3. The van der Waals surface area contributed by atoms with Gasteiger partial charge in [0, 0.05) is 37.7 Å². The molecular formula is C19H26N2O. The predicted octanol–water partition coefficient (Wildman–Crippen LogP) is 3.09. The molecular weight excluding hydrogens is 272 g/mol. The molecule has 1 unspecified atom stereocenters. The lowest BCUT2D eigenvalue weighted by atomic mass is 9.72. The Kier molecular flexibility index (Phi) is 3.48. The number of rotatable bonds is 2. The van der Waals surface area contributed by atoms with Crippen molar-refractivity contribution >= 4 is 11.6 Å². The summed E-state index contributed by atoms with van der Waals surface area (Å²) in [5.41, 5.74) is 2.77. The van der Waals surface area contributed by atoms with E-state index in [2.05, 4.69) is 23.1 Å². The van der Waals surface area contributed by atoms with Gasteiger partial charge in [0.05, 0.1) is 0 Å². The lowest BCUT2D eigenvalue weighted by Gasteiger charge is -2.49. The number of para-hydroxylation sites is 1. The van der Waals surface area contributed by atoms with E-state index >= 15 is 0 Å². The number of carbonyl (C=O) groups is 1. The van der Waals surface area contributed by atoms with Crippen molar-refractivity contribution in [3.8, 4) is 0 Å². The van der Waals surface area contributed by atoms with Crippen LogP contribution in [-0.2, 0) is 11.2 Å². The summed E-state index contributed by atoms with van der Waals surface area (Å²) in [5, 5.41) is 0. The molecule has 3 nitrogen and oxygen atoms in total. The third kappa shape index (κ3) is 2.67. The fourth-order valence-corrected chi connectivity index (χ4v) is 4.49. The van der Waals surface area contributed by atoms with E-state index in [1.807, 2.05) is 11.0 Å². The van der Waals surface area contributed by atoms with Crippen molar-refractivity contribution in [3.05, 3.63) is 29.8 Å². The molecule has 22 heavy (non-hydrogen) atoms. The predicted molar refractivity (Wildman–Crippen MR) is 89.0 cm³/mol. The Hall–Kier alpha value is -1.35. The second-order valence-electron chi connectivity index (χ2n) is 7.69. The van der Waals surface area contributed by atoms with Gasteiger partial charge < -0.3 is 9.80 Å². The van der Waals surface area contributed by atoms with Gasteiger partial charge in [0.25, 0.3) is 0 Å². The van der Waals surface area contributed by atoms with Crippen LogP contribution < -0.4 is 4.90 Å². The summed E-state index contributed by atoms with van der Waals surface area (Å²) in [6.45, 7) is 6.31. The van der Waals surface area contributed by atoms with Gasteiger partial charge in [-0.2, -0.15) is 0 Å². The summed E-state index contributed by atoms with van der Waals surface area (Å²) in [4.78, 5) is 16.9. The molecule has 1 aliphatic carbocycles. The van der Waals surface area contributed by atoms with Crippen molar-refractivity contribution in [2.24, 2.45) is 11.3 Å². The van der Waals surface area contributed by atoms with Gasteiger partial charge in [0.15, 0.2) is 0 Å². The molecule has 3 heteroatoms. The molecule has 4 rings (SSSR count). The van der Waals surface area contributed by atoms with Crippen LogP contribution in [0.25, 0.3) is 0 Å². The zero-order valence-corrected chi connectivity index (χ0v) is 13.6. The number of benzene rings is 1. The smallest absolute Gasteiger partial charge is 0.223 e. The van der Waals surface area contributed by atoms with Crippen LogP contribution in [0.5, 0.6) is 0 Å². The third-order valence-corrected chi connectivity index (χ3v) is 5.68. The summed E-state index contributed by atoms with van der Waals surface area (Å²) in [6, 6.07) is 8.48. The molecule has 1 aromatic rings. The van der Waals surface area contributed by atoms with Crippen LogP contribution in [0.4, 0.5) is 5.69 Å². The van der Waals surface area contributed by atoms with E-state index in [1.165, 1.54) is 50.9 Å². The molecule has 0 N–H and O–H groups in total. The number of fused-ring (bicyclic) bond motifs is 1. The highest BCUT2D eigenvalue weighted by Gasteiger charge is 2.42. The molecule has 0 bridgehead atoms. The summed E-state index contributed by atoms with van der Waals surface area (Å²) in [7, 11) is 0. The minimum Gasteiger partial charge on any atom is -0.312 e. The Morgan fingerprint density at radius 2 is 2.09 bits per heavy atom. The van der Waals surface area contributed by atoms with Crippen LogP contribution in [0.15, 0.2) is 24.3 Å². The van der Waals surface area contributed by atoms with Gasteiger partial charge in [-0.15, -0.1) is 0 Å². The number of amides is 1. The van der Waals surface area contributed by atoms with E-state index in [0.29, 0.717) is 0 Å². The van der Waals surface area contributed by atoms with Crippen molar-refractivity contribution in [1.82, 2.24) is 4.90 Å². The molecule has 1 atom stereocenters. The number of anilines is 1. The second-order valence-corrected chi connectivity index (χ2v) is 7.69. The fourth-order valence-electron chi connectivity index (χ4n) is 4.49. The molecule has 1 aromatic carbocycles. The van der Waals surface area contributed by atoms with Gasteiger partial charge in [0.1, 0.15) is 0 Å². The number of piperidine rings is 1. The topological polar surface area (TPSA) is 23.6 Å². The third-order valence-electron chi connectivity index (χ3n) is 5.68. The van der Waals surface area contributed by atoms with Crippen molar-refractivity contribution < 1.29 is 4.79 Å². The molecule has 0 radical (unpaired) electrons. The molecule has 2 aliphatic heterocycles. The number of hydrogen-bond acceptors (Lipinski definition) is 2. The maximum Gasteiger partial charge on any atom is 0.223 e. The first-order valence-electron chi connectivity index (χ1n) is 8.74. The van der Waals surface area contributed by atoms with Crippen molar-refractivity contribution in [3.63, 3.8) is 0 Å². The number of hydrogen-bond donors (Lipinski definition) is 0. The van der Waals surface area contributed by atoms with Crippen molar-refractivity contribution in [1.29, 1.82) is 0 Å². The molecule has 118 valence electrons. The quantitative estimate of drug-likeness (QED) is 0.837. The molecule has 1 amide bonds. The average Bonchev–Trinajstić information content (AvgIpc) is 3.30. The van der Waals surface area contributed by atoms with E-state index < -0.39 is 0 Å². The number of nitrogens with zero attached hydrogens (tertiary/aromatic N) is 2. The lowest BCUT2D eigenvalue weighted by Crippen LogP contribution is -2.54. The van der Waals surface area contributed by atoms with Crippen LogP contribution in [-0.4, -0.2) is 37.0 Å². The van der Waals surface area contributed by atoms with Gasteiger partial charge in [-0.25, -0.2) is 0 Å². The van der Waals surface area contributed by atoms with E-state index in [-0.39, 0.29) is 11.3 Å². The first-order chi connectivity index (χ1) is 10.7. The number of carbonyl (C=O) groups excluding carboxylic acids is 1. The fraction of sp³-hybridized carbons (Fsp3) is 0.632.